The number of hydrogen-bond donors (Lipinski definition) is 0. The fourth-order valence-electron chi connectivity index (χ4n) is 3.21. The van der Waals surface area contributed by atoms with Crippen LogP contribution < -0.4 is 4.74 Å². The molecule has 1 aromatic rings. The van der Waals surface area contributed by atoms with Gasteiger partial charge in [0.15, 0.2) is 0 Å². The Morgan fingerprint density at radius 1 is 1.35 bits per heavy atom. The molecular weight excluding hydrogens is 316 g/mol. The molecule has 0 N–H and O–H groups in total. The minimum Gasteiger partial charge on any atom is -0.496 e. The van der Waals surface area contributed by atoms with E-state index < -0.39 is 0 Å². The Morgan fingerprint density at radius 3 is 2.78 bits per heavy atom. The number of carbonyl (C=O) groups excluding carboxylic acids is 1. The molecule has 2 aliphatic heterocycles. The van der Waals surface area contributed by atoms with Crippen molar-refractivity contribution >= 4 is 17.5 Å². The zero-order valence-corrected chi connectivity index (χ0v) is 14.2. The fraction of sp³-hybridized carbons (Fsp3) is 0.588. The van der Waals surface area contributed by atoms with Gasteiger partial charge in [0.1, 0.15) is 11.9 Å². The van der Waals surface area contributed by atoms with Gasteiger partial charge in [-0.05, 0) is 31.0 Å². The largest absolute Gasteiger partial charge is 0.496 e. The number of halogens is 1. The van der Waals surface area contributed by atoms with Gasteiger partial charge in [-0.2, -0.15) is 0 Å². The highest BCUT2D eigenvalue weighted by molar-refractivity contribution is 6.30. The maximum atomic E-state index is 12.4. The lowest BCUT2D eigenvalue weighted by atomic mass is 10.1. The molecule has 0 aliphatic carbocycles. The molecule has 1 unspecified atom stereocenters. The van der Waals surface area contributed by atoms with E-state index in [1.165, 1.54) is 0 Å². The van der Waals surface area contributed by atoms with Gasteiger partial charge in [0, 0.05) is 49.9 Å². The number of amides is 1. The van der Waals surface area contributed by atoms with Crippen molar-refractivity contribution in [2.24, 2.45) is 0 Å². The molecule has 1 amide bonds. The van der Waals surface area contributed by atoms with E-state index >= 15 is 0 Å². The smallest absolute Gasteiger partial charge is 0.251 e. The summed E-state index contributed by atoms with van der Waals surface area (Å²) in [5.74, 6) is 1.01. The Kier molecular flexibility index (Phi) is 5.41. The van der Waals surface area contributed by atoms with Crippen molar-refractivity contribution < 1.29 is 14.3 Å². The SMILES string of the molecule is COc1ccc(Cl)cc1CN1CCN(C(=O)C2CCCO2)CC1. The molecule has 1 atom stereocenters. The first kappa shape index (κ1) is 16.6. The van der Waals surface area contributed by atoms with Crippen LogP contribution in [-0.2, 0) is 16.1 Å². The number of hydrogen-bond acceptors (Lipinski definition) is 4. The number of benzene rings is 1. The predicted molar refractivity (Wildman–Crippen MR) is 88.8 cm³/mol. The lowest BCUT2D eigenvalue weighted by molar-refractivity contribution is -0.142. The van der Waals surface area contributed by atoms with Gasteiger partial charge >= 0.3 is 0 Å². The standard InChI is InChI=1S/C17H23ClN2O3/c1-22-15-5-4-14(18)11-13(15)12-19-6-8-20(9-7-19)17(21)16-3-2-10-23-16/h4-5,11,16H,2-3,6-10,12H2,1H3. The Morgan fingerprint density at radius 2 is 2.13 bits per heavy atom. The average Bonchev–Trinajstić information content (AvgIpc) is 3.10. The van der Waals surface area contributed by atoms with E-state index in [0.29, 0.717) is 11.6 Å². The third-order valence-electron chi connectivity index (χ3n) is 4.53. The van der Waals surface area contributed by atoms with Crippen molar-refractivity contribution in [1.82, 2.24) is 9.80 Å². The summed E-state index contributed by atoms with van der Waals surface area (Å²) < 4.78 is 10.9. The summed E-state index contributed by atoms with van der Waals surface area (Å²) in [7, 11) is 1.67. The molecule has 23 heavy (non-hydrogen) atoms. The van der Waals surface area contributed by atoms with Crippen molar-refractivity contribution in [1.29, 1.82) is 0 Å². The van der Waals surface area contributed by atoms with Crippen LogP contribution in [0.5, 0.6) is 5.75 Å². The molecule has 0 spiro atoms. The van der Waals surface area contributed by atoms with Crippen LogP contribution in [-0.4, -0.2) is 61.7 Å². The molecular formula is C17H23ClN2O3. The van der Waals surface area contributed by atoms with Gasteiger partial charge in [-0.15, -0.1) is 0 Å². The fourth-order valence-corrected chi connectivity index (χ4v) is 3.41. The highest BCUT2D eigenvalue weighted by Crippen LogP contribution is 2.24. The summed E-state index contributed by atoms with van der Waals surface area (Å²) in [5, 5.41) is 0.716. The van der Waals surface area contributed by atoms with Crippen LogP contribution in [0.2, 0.25) is 5.02 Å². The van der Waals surface area contributed by atoms with E-state index in [9.17, 15) is 4.79 Å². The molecule has 0 radical (unpaired) electrons. The van der Waals surface area contributed by atoms with Crippen LogP contribution in [0.4, 0.5) is 0 Å². The quantitative estimate of drug-likeness (QED) is 0.844. The molecule has 6 heteroatoms. The number of rotatable bonds is 4. The zero-order valence-electron chi connectivity index (χ0n) is 13.5. The summed E-state index contributed by atoms with van der Waals surface area (Å²) in [5.41, 5.74) is 1.08. The maximum absolute atomic E-state index is 12.4. The Balaban J connectivity index is 1.55. The van der Waals surface area contributed by atoms with Gasteiger partial charge in [-0.25, -0.2) is 0 Å². The molecule has 2 fully saturated rings. The molecule has 0 aromatic heterocycles. The molecule has 2 heterocycles. The second kappa shape index (κ2) is 7.51. The predicted octanol–water partition coefficient (Wildman–Crippen LogP) is 2.17. The molecule has 126 valence electrons. The topological polar surface area (TPSA) is 42.0 Å². The molecule has 3 rings (SSSR count). The van der Waals surface area contributed by atoms with Gasteiger partial charge < -0.3 is 14.4 Å². The van der Waals surface area contributed by atoms with Crippen molar-refractivity contribution in [2.45, 2.75) is 25.5 Å². The van der Waals surface area contributed by atoms with Gasteiger partial charge in [0.25, 0.3) is 5.91 Å². The van der Waals surface area contributed by atoms with Crippen molar-refractivity contribution in [2.75, 3.05) is 39.9 Å². The number of carbonyl (C=O) groups is 1. The highest BCUT2D eigenvalue weighted by atomic mass is 35.5. The third-order valence-corrected chi connectivity index (χ3v) is 4.76. The number of methoxy groups -OCH3 is 1. The van der Waals surface area contributed by atoms with E-state index in [2.05, 4.69) is 4.90 Å². The van der Waals surface area contributed by atoms with Gasteiger partial charge in [0.05, 0.1) is 7.11 Å². The van der Waals surface area contributed by atoms with E-state index in [1.807, 2.05) is 23.1 Å². The van der Waals surface area contributed by atoms with Crippen LogP contribution in [0, 0.1) is 0 Å². The molecule has 5 nitrogen and oxygen atoms in total. The van der Waals surface area contributed by atoms with E-state index in [-0.39, 0.29) is 12.0 Å². The molecule has 0 bridgehead atoms. The van der Waals surface area contributed by atoms with Gasteiger partial charge in [-0.3, -0.25) is 9.69 Å². The summed E-state index contributed by atoms with van der Waals surface area (Å²) in [4.78, 5) is 16.6. The minimum atomic E-state index is -0.213. The van der Waals surface area contributed by atoms with E-state index in [4.69, 9.17) is 21.1 Å². The highest BCUT2D eigenvalue weighted by Gasteiger charge is 2.30. The van der Waals surface area contributed by atoms with Crippen molar-refractivity contribution in [3.8, 4) is 5.75 Å². The Labute approximate surface area is 142 Å². The average molecular weight is 339 g/mol. The summed E-state index contributed by atoms with van der Waals surface area (Å²) in [6.45, 7) is 4.71. The monoisotopic (exact) mass is 338 g/mol. The first-order valence-corrected chi connectivity index (χ1v) is 8.50. The van der Waals surface area contributed by atoms with E-state index in [0.717, 1.165) is 56.9 Å². The zero-order chi connectivity index (χ0) is 16.2. The molecule has 2 saturated heterocycles. The molecule has 0 saturated carbocycles. The lowest BCUT2D eigenvalue weighted by Gasteiger charge is -2.35. The molecule has 1 aromatic carbocycles. The maximum Gasteiger partial charge on any atom is 0.251 e. The second-order valence-corrected chi connectivity index (χ2v) is 6.50. The van der Waals surface area contributed by atoms with Crippen LogP contribution in [0.15, 0.2) is 18.2 Å². The number of ether oxygens (including phenoxy) is 2. The normalized spacial score (nSPS) is 22.3. The summed E-state index contributed by atoms with van der Waals surface area (Å²) >= 11 is 6.09. The van der Waals surface area contributed by atoms with Crippen LogP contribution >= 0.6 is 11.6 Å². The Hall–Kier alpha value is -1.30. The van der Waals surface area contributed by atoms with Gasteiger partial charge in [-0.1, -0.05) is 11.6 Å². The van der Waals surface area contributed by atoms with Crippen LogP contribution in [0.3, 0.4) is 0 Å². The first-order chi connectivity index (χ1) is 11.2. The van der Waals surface area contributed by atoms with E-state index in [1.54, 1.807) is 7.11 Å². The van der Waals surface area contributed by atoms with Crippen LogP contribution in [0.1, 0.15) is 18.4 Å². The minimum absolute atomic E-state index is 0.155. The lowest BCUT2D eigenvalue weighted by Crippen LogP contribution is -2.51. The molecule has 2 aliphatic rings. The Bertz CT molecular complexity index is 553. The van der Waals surface area contributed by atoms with Crippen molar-refractivity contribution in [3.05, 3.63) is 28.8 Å². The van der Waals surface area contributed by atoms with Gasteiger partial charge in [0.2, 0.25) is 0 Å². The second-order valence-electron chi connectivity index (χ2n) is 6.06. The first-order valence-electron chi connectivity index (χ1n) is 8.12. The van der Waals surface area contributed by atoms with Crippen LogP contribution in [0.25, 0.3) is 0 Å². The number of nitrogens with zero attached hydrogens (tertiary/aromatic N) is 2. The summed E-state index contributed by atoms with van der Waals surface area (Å²) in [6.07, 6.45) is 1.64. The third kappa shape index (κ3) is 3.97. The van der Waals surface area contributed by atoms with Crippen molar-refractivity contribution in [3.63, 3.8) is 0 Å². The summed E-state index contributed by atoms with van der Waals surface area (Å²) in [6, 6.07) is 5.68. The number of piperazine rings is 1.